The molecule has 0 saturated carbocycles. The zero-order valence-electron chi connectivity index (χ0n) is 14.6. The molecule has 4 N–H and O–H groups in total. The Morgan fingerprint density at radius 1 is 1.36 bits per heavy atom. The van der Waals surface area contributed by atoms with E-state index in [4.69, 9.17) is 9.63 Å². The minimum atomic E-state index is -5.19. The summed E-state index contributed by atoms with van der Waals surface area (Å²) < 4.78 is 20.6. The van der Waals surface area contributed by atoms with Crippen LogP contribution in [0, 0.1) is 0 Å². The van der Waals surface area contributed by atoms with E-state index in [0.717, 1.165) is 12.7 Å². The predicted octanol–water partition coefficient (Wildman–Crippen LogP) is -10.5. The van der Waals surface area contributed by atoms with Gasteiger partial charge in [0.2, 0.25) is 11.6 Å². The Kier molecular flexibility index (Phi) is 8.59. The van der Waals surface area contributed by atoms with Gasteiger partial charge in [0.25, 0.3) is 7.82 Å². The number of phosphoric acid groups is 1. The molecular weight excluding hydrogens is 425 g/mol. The number of aliphatic carboxylic acids is 1. The maximum Gasteiger partial charge on any atom is 1.00 e. The number of phosphoric ester groups is 1. The van der Waals surface area contributed by atoms with Crippen LogP contribution in [-0.4, -0.2) is 70.6 Å². The number of carbonyl (C=O) groups excluding carboxylic acids is 1. The summed E-state index contributed by atoms with van der Waals surface area (Å²) in [6, 6.07) is 0. The molecule has 2 aromatic rings. The number of imidazole rings is 1. The van der Waals surface area contributed by atoms with Crippen LogP contribution in [0.15, 0.2) is 12.7 Å². The molecule has 17 heteroatoms. The van der Waals surface area contributed by atoms with Gasteiger partial charge in [0.1, 0.15) is 31.0 Å². The third-order valence-electron chi connectivity index (χ3n) is 3.80. The molecule has 0 aromatic carbocycles. The van der Waals surface area contributed by atoms with Gasteiger partial charge in [0.05, 0.1) is 12.6 Å². The summed E-state index contributed by atoms with van der Waals surface area (Å²) >= 11 is 0. The SMILES string of the molecule is O=C([O-])[C@@]1(n2cnc3c(O)ncnc32)O[C@H](COP(=O)([O-])O)[C@@H](O)[C@H]1O.[Na+].[Na+]. The molecule has 0 aliphatic carbocycles. The van der Waals surface area contributed by atoms with Crippen LogP contribution in [0.25, 0.3) is 11.2 Å². The summed E-state index contributed by atoms with van der Waals surface area (Å²) in [5.74, 6) is -2.60. The molecule has 0 spiro atoms. The summed E-state index contributed by atoms with van der Waals surface area (Å²) in [5.41, 5.74) is -3.27. The molecule has 14 nitrogen and oxygen atoms in total. The number of aromatic hydroxyl groups is 1. The molecule has 0 radical (unpaired) electrons. The predicted molar refractivity (Wildman–Crippen MR) is 72.6 cm³/mol. The first-order valence-corrected chi connectivity index (χ1v) is 8.38. The van der Waals surface area contributed by atoms with Gasteiger partial charge in [0, 0.05) is 0 Å². The van der Waals surface area contributed by atoms with E-state index < -0.39 is 50.3 Å². The zero-order chi connectivity index (χ0) is 19.3. The van der Waals surface area contributed by atoms with E-state index in [1.54, 1.807) is 0 Å². The number of carboxylic acid groups (broad SMARTS) is 1. The molecule has 5 atom stereocenters. The van der Waals surface area contributed by atoms with Crippen LogP contribution in [-0.2, 0) is 24.3 Å². The number of aliphatic hydroxyl groups excluding tert-OH is 2. The Balaban J connectivity index is 0.00000196. The maximum atomic E-state index is 11.8. The van der Waals surface area contributed by atoms with Crippen LogP contribution in [0.3, 0.4) is 0 Å². The van der Waals surface area contributed by atoms with Gasteiger partial charge in [-0.15, -0.1) is 0 Å². The molecule has 28 heavy (non-hydrogen) atoms. The van der Waals surface area contributed by atoms with E-state index in [1.165, 1.54) is 0 Å². The van der Waals surface area contributed by atoms with Crippen molar-refractivity contribution < 1.29 is 108 Å². The number of nitrogens with zero attached hydrogens (tertiary/aromatic N) is 4. The van der Waals surface area contributed by atoms with Crippen LogP contribution < -0.4 is 69.1 Å². The van der Waals surface area contributed by atoms with Gasteiger partial charge in [-0.1, -0.05) is 0 Å². The Bertz CT molecular complexity index is 909. The van der Waals surface area contributed by atoms with E-state index >= 15 is 0 Å². The van der Waals surface area contributed by atoms with Crippen LogP contribution >= 0.6 is 7.82 Å². The quantitative estimate of drug-likeness (QED) is 0.253. The van der Waals surface area contributed by atoms with Crippen molar-refractivity contribution in [3.63, 3.8) is 0 Å². The molecule has 0 amide bonds. The van der Waals surface area contributed by atoms with Crippen LogP contribution in [0.4, 0.5) is 0 Å². The standard InChI is InChI=1S/C11H13N4O10P.2Na/c16-6-4(1-24-26(21,22)23)25-11(7(6)17,10(19)20)15-3-14-5-8(15)12-2-13-9(5)18;;/h2-4,6-7,16-17H,1H2,(H,19,20)(H,12,13,18)(H2,21,22,23);;/q;2*+1/p-2/t4-,6-,7-,11+;;/m1../s1. The van der Waals surface area contributed by atoms with Gasteiger partial charge >= 0.3 is 59.1 Å². The van der Waals surface area contributed by atoms with Crippen molar-refractivity contribution in [1.82, 2.24) is 19.5 Å². The second kappa shape index (κ2) is 9.31. The number of carboxylic acids is 1. The number of aromatic nitrogens is 4. The van der Waals surface area contributed by atoms with Crippen molar-refractivity contribution >= 4 is 25.0 Å². The Labute approximate surface area is 200 Å². The van der Waals surface area contributed by atoms with E-state index in [9.17, 15) is 34.7 Å². The van der Waals surface area contributed by atoms with Crippen molar-refractivity contribution in [2.24, 2.45) is 0 Å². The topological polar surface area (TPSA) is 223 Å². The summed E-state index contributed by atoms with van der Waals surface area (Å²) in [6.07, 6.45) is -4.05. The minimum Gasteiger partial charge on any atom is -0.756 e. The van der Waals surface area contributed by atoms with Crippen molar-refractivity contribution in [3.05, 3.63) is 12.7 Å². The van der Waals surface area contributed by atoms with Crippen molar-refractivity contribution in [2.45, 2.75) is 24.0 Å². The maximum absolute atomic E-state index is 11.8. The first kappa shape index (κ1) is 25.8. The fraction of sp³-hybridized carbons (Fsp3) is 0.455. The summed E-state index contributed by atoms with van der Waals surface area (Å²) in [6.45, 7) is -0.989. The van der Waals surface area contributed by atoms with E-state index in [-0.39, 0.29) is 70.3 Å². The monoisotopic (exact) mass is 436 g/mol. The molecule has 1 saturated heterocycles. The smallest absolute Gasteiger partial charge is 0.756 e. The number of carbonyl (C=O) groups is 1. The van der Waals surface area contributed by atoms with E-state index in [0.29, 0.717) is 4.57 Å². The number of hydrogen-bond donors (Lipinski definition) is 4. The minimum absolute atomic E-state index is 0. The molecule has 142 valence electrons. The van der Waals surface area contributed by atoms with Gasteiger partial charge in [-0.25, -0.2) is 9.97 Å². The second-order valence-corrected chi connectivity index (χ2v) is 6.52. The molecule has 2 aromatic heterocycles. The van der Waals surface area contributed by atoms with Gasteiger partial charge < -0.3 is 44.3 Å². The zero-order valence-corrected chi connectivity index (χ0v) is 19.5. The van der Waals surface area contributed by atoms with Crippen LogP contribution in [0.2, 0.25) is 0 Å². The number of fused-ring (bicyclic) bond motifs is 1. The number of rotatable bonds is 5. The average molecular weight is 436 g/mol. The first-order valence-electron chi connectivity index (χ1n) is 6.89. The molecule has 1 aliphatic heterocycles. The second-order valence-electron chi connectivity index (χ2n) is 5.32. The molecule has 1 fully saturated rings. The molecule has 0 bridgehead atoms. The van der Waals surface area contributed by atoms with Crippen molar-refractivity contribution in [1.29, 1.82) is 0 Å². The number of hydrogen-bond acceptors (Lipinski definition) is 12. The summed E-state index contributed by atoms with van der Waals surface area (Å²) in [7, 11) is -5.19. The van der Waals surface area contributed by atoms with Crippen LogP contribution in [0.1, 0.15) is 0 Å². The Morgan fingerprint density at radius 2 is 2.00 bits per heavy atom. The van der Waals surface area contributed by atoms with E-state index in [1.807, 2.05) is 0 Å². The summed E-state index contributed by atoms with van der Waals surface area (Å²) in [4.78, 5) is 42.0. The Hall–Kier alpha value is -0.190. The molecular formula is C11H11N4Na2O10P. The van der Waals surface area contributed by atoms with Gasteiger partial charge in [-0.3, -0.25) is 9.13 Å². The third kappa shape index (κ3) is 4.44. The van der Waals surface area contributed by atoms with Gasteiger partial charge in [-0.05, 0) is 0 Å². The first-order chi connectivity index (χ1) is 12.1. The van der Waals surface area contributed by atoms with Crippen molar-refractivity contribution in [2.75, 3.05) is 6.61 Å². The largest absolute Gasteiger partial charge is 1.00 e. The van der Waals surface area contributed by atoms with Crippen LogP contribution in [0.5, 0.6) is 5.88 Å². The fourth-order valence-corrected chi connectivity index (χ4v) is 2.97. The van der Waals surface area contributed by atoms with Crippen molar-refractivity contribution in [3.8, 4) is 5.88 Å². The molecule has 1 aliphatic rings. The molecule has 3 rings (SSSR count). The third-order valence-corrected chi connectivity index (χ3v) is 4.28. The number of ether oxygens (including phenoxy) is 1. The molecule has 3 heterocycles. The van der Waals surface area contributed by atoms with E-state index in [2.05, 4.69) is 19.5 Å². The Morgan fingerprint density at radius 3 is 2.57 bits per heavy atom. The van der Waals surface area contributed by atoms with Gasteiger partial charge in [0.15, 0.2) is 11.2 Å². The van der Waals surface area contributed by atoms with Gasteiger partial charge in [-0.2, -0.15) is 4.98 Å². The average Bonchev–Trinajstić information content (AvgIpc) is 3.08. The number of aliphatic hydroxyl groups is 2. The summed E-state index contributed by atoms with van der Waals surface area (Å²) in [5, 5.41) is 41.7. The fourth-order valence-electron chi connectivity index (χ4n) is 2.64. The molecule has 1 unspecified atom stereocenters. The normalized spacial score (nSPS) is 28.9.